The molecule has 9 heteroatoms. The second kappa shape index (κ2) is 11.7. The molecule has 0 heterocycles. The number of hydrogen-bond donors (Lipinski definition) is 2. The molecule has 33 heavy (non-hydrogen) atoms. The Morgan fingerprint density at radius 2 is 1.73 bits per heavy atom. The van der Waals surface area contributed by atoms with E-state index in [9.17, 15) is 23.0 Å². The summed E-state index contributed by atoms with van der Waals surface area (Å²) in [7, 11) is -1.79. The molecule has 1 atom stereocenters. The Morgan fingerprint density at radius 1 is 1.03 bits per heavy atom. The highest BCUT2D eigenvalue weighted by Crippen LogP contribution is 2.19. The van der Waals surface area contributed by atoms with Crippen molar-refractivity contribution in [1.29, 1.82) is 0 Å². The Labute approximate surface area is 195 Å². The van der Waals surface area contributed by atoms with Gasteiger partial charge in [-0.05, 0) is 61.7 Å². The van der Waals surface area contributed by atoms with Crippen LogP contribution < -0.4 is 15.5 Å². The fourth-order valence-corrected chi connectivity index (χ4v) is 4.65. The van der Waals surface area contributed by atoms with Crippen molar-refractivity contribution in [2.75, 3.05) is 28.3 Å². The highest BCUT2D eigenvalue weighted by atomic mass is 32.2. The first-order valence-electron chi connectivity index (χ1n) is 10.9. The number of nitrogens with one attached hydrogen (secondary N) is 2. The number of rotatable bonds is 9. The van der Waals surface area contributed by atoms with Crippen LogP contribution in [0.4, 0.5) is 15.8 Å². The Morgan fingerprint density at radius 3 is 2.39 bits per heavy atom. The van der Waals surface area contributed by atoms with E-state index in [1.165, 1.54) is 29.2 Å². The van der Waals surface area contributed by atoms with Crippen molar-refractivity contribution < 1.29 is 23.0 Å². The van der Waals surface area contributed by atoms with Gasteiger partial charge < -0.3 is 15.5 Å². The lowest BCUT2D eigenvalue weighted by Crippen LogP contribution is -2.45. The predicted octanol–water partition coefficient (Wildman–Crippen LogP) is 2.91. The topological polar surface area (TPSA) is 95.6 Å². The van der Waals surface area contributed by atoms with Gasteiger partial charge in [0, 0.05) is 28.2 Å². The van der Waals surface area contributed by atoms with Gasteiger partial charge in [0.25, 0.3) is 0 Å². The molecule has 1 aliphatic carbocycles. The molecule has 176 valence electrons. The van der Waals surface area contributed by atoms with E-state index in [2.05, 4.69) is 10.6 Å². The third-order valence-electron chi connectivity index (χ3n) is 5.34. The molecule has 7 nitrogen and oxygen atoms in total. The van der Waals surface area contributed by atoms with Gasteiger partial charge in [-0.15, -0.1) is 0 Å². The monoisotopic (exact) mass is 473 g/mol. The highest BCUT2D eigenvalue weighted by molar-refractivity contribution is 7.86. The normalized spacial score (nSPS) is 14.5. The lowest BCUT2D eigenvalue weighted by molar-refractivity contribution is -0.123. The van der Waals surface area contributed by atoms with E-state index in [1.807, 2.05) is 13.0 Å². The zero-order valence-electron chi connectivity index (χ0n) is 18.5. The van der Waals surface area contributed by atoms with Crippen molar-refractivity contribution in [3.8, 4) is 0 Å². The molecular formula is C24H28FN3O4S. The molecule has 0 radical (unpaired) electrons. The van der Waals surface area contributed by atoms with Crippen LogP contribution in [0.25, 0.3) is 0 Å². The average molecular weight is 474 g/mol. The first kappa shape index (κ1) is 24.6. The van der Waals surface area contributed by atoms with Crippen LogP contribution in [-0.2, 0) is 25.2 Å². The Kier molecular flexibility index (Phi) is 8.71. The summed E-state index contributed by atoms with van der Waals surface area (Å²) in [6.07, 6.45) is 4.00. The zero-order valence-corrected chi connectivity index (χ0v) is 19.3. The summed E-state index contributed by atoms with van der Waals surface area (Å²) >= 11 is 0. The van der Waals surface area contributed by atoms with Crippen LogP contribution >= 0.6 is 0 Å². The largest absolute Gasteiger partial charge is 0.352 e. The van der Waals surface area contributed by atoms with Crippen molar-refractivity contribution >= 4 is 39.9 Å². The lowest BCUT2D eigenvalue weighted by Gasteiger charge is -2.24. The van der Waals surface area contributed by atoms with Crippen molar-refractivity contribution in [3.05, 3.63) is 59.9 Å². The lowest BCUT2D eigenvalue weighted by atomic mass is 10.2. The maximum Gasteiger partial charge on any atom is 0.240 e. The van der Waals surface area contributed by atoms with Gasteiger partial charge in [0.1, 0.15) is 23.9 Å². The first-order valence-corrected chi connectivity index (χ1v) is 12.4. The van der Waals surface area contributed by atoms with Gasteiger partial charge in [-0.1, -0.05) is 25.0 Å². The molecule has 0 spiro atoms. The molecule has 0 bridgehead atoms. The van der Waals surface area contributed by atoms with Crippen LogP contribution in [0.15, 0.2) is 48.5 Å². The number of anilines is 2. The molecule has 0 saturated heterocycles. The molecule has 0 unspecified atom stereocenters. The molecule has 2 N–H and O–H groups in total. The Bertz CT molecular complexity index is 1020. The van der Waals surface area contributed by atoms with Crippen LogP contribution in [0.3, 0.4) is 0 Å². The van der Waals surface area contributed by atoms with E-state index in [4.69, 9.17) is 0 Å². The molecule has 2 aromatic rings. The summed E-state index contributed by atoms with van der Waals surface area (Å²) in [5, 5.41) is 5.49. The van der Waals surface area contributed by atoms with Crippen LogP contribution in [-0.4, -0.2) is 46.0 Å². The van der Waals surface area contributed by atoms with E-state index in [0.29, 0.717) is 11.4 Å². The maximum absolute atomic E-state index is 13.0. The van der Waals surface area contributed by atoms with Gasteiger partial charge in [0.15, 0.2) is 0 Å². The highest BCUT2D eigenvalue weighted by Gasteiger charge is 2.24. The van der Waals surface area contributed by atoms with E-state index in [1.54, 1.807) is 18.2 Å². The summed E-state index contributed by atoms with van der Waals surface area (Å²) in [4.78, 5) is 39.1. The van der Waals surface area contributed by atoms with Crippen molar-refractivity contribution in [2.45, 2.75) is 38.6 Å². The third kappa shape index (κ3) is 7.78. The molecule has 2 aromatic carbocycles. The smallest absolute Gasteiger partial charge is 0.240 e. The number of carbonyl (C=O) groups is 3. The average Bonchev–Trinajstić information content (AvgIpc) is 3.26. The molecule has 1 aliphatic rings. The van der Waals surface area contributed by atoms with E-state index < -0.39 is 34.2 Å². The summed E-state index contributed by atoms with van der Waals surface area (Å²) < 4.78 is 25.5. The summed E-state index contributed by atoms with van der Waals surface area (Å²) in [5.41, 5.74) is 1.82. The van der Waals surface area contributed by atoms with Crippen molar-refractivity contribution in [1.82, 2.24) is 5.32 Å². The molecule has 1 saturated carbocycles. The number of halogens is 1. The molecular weight excluding hydrogens is 445 g/mol. The van der Waals surface area contributed by atoms with Gasteiger partial charge in [-0.2, -0.15) is 0 Å². The minimum atomic E-state index is -1.79. The number of amides is 3. The van der Waals surface area contributed by atoms with Gasteiger partial charge >= 0.3 is 0 Å². The maximum atomic E-state index is 13.0. The number of aryl methyl sites for hydroxylation is 1. The second-order valence-electron chi connectivity index (χ2n) is 8.15. The first-order chi connectivity index (χ1) is 15.8. The Hall–Kier alpha value is -3.07. The van der Waals surface area contributed by atoms with Gasteiger partial charge in [-0.25, -0.2) is 4.39 Å². The standard InChI is InChI=1S/C24H28FN3O4S/c1-17-5-4-8-21(13-17)28(14-22(29)26-19-6-2-3-7-19)24(31)16-33(32)15-23(30)27-20-11-9-18(25)10-12-20/h4-5,8-13,19H,2-3,6-7,14-16H2,1H3,(H,26,29)(H,27,30)/t33-/m1/s1. The molecule has 3 amide bonds. The number of benzene rings is 2. The SMILES string of the molecule is Cc1cccc(N(CC(=O)NC2CCCC2)C(=O)C[S@](=O)CC(=O)Nc2ccc(F)cc2)c1. The molecule has 0 aliphatic heterocycles. The van der Waals surface area contributed by atoms with Crippen LogP contribution in [0.2, 0.25) is 0 Å². The predicted molar refractivity (Wildman–Crippen MR) is 127 cm³/mol. The minimum absolute atomic E-state index is 0.122. The van der Waals surface area contributed by atoms with Gasteiger partial charge in [0.2, 0.25) is 17.7 Å². The number of nitrogens with zero attached hydrogens (tertiary/aromatic N) is 1. The quantitative estimate of drug-likeness (QED) is 0.585. The molecule has 1 fully saturated rings. The third-order valence-corrected chi connectivity index (χ3v) is 6.49. The minimum Gasteiger partial charge on any atom is -0.352 e. The second-order valence-corrected chi connectivity index (χ2v) is 9.61. The van der Waals surface area contributed by atoms with Crippen molar-refractivity contribution in [2.24, 2.45) is 0 Å². The van der Waals surface area contributed by atoms with Gasteiger partial charge in [0.05, 0.1) is 0 Å². The van der Waals surface area contributed by atoms with E-state index in [-0.39, 0.29) is 24.2 Å². The summed E-state index contributed by atoms with van der Waals surface area (Å²) in [6.45, 7) is 1.69. The Balaban J connectivity index is 1.61. The summed E-state index contributed by atoms with van der Waals surface area (Å²) in [5.74, 6) is -2.54. The number of carbonyl (C=O) groups excluding carboxylic acids is 3. The van der Waals surface area contributed by atoms with Crippen molar-refractivity contribution in [3.63, 3.8) is 0 Å². The fourth-order valence-electron chi connectivity index (χ4n) is 3.75. The fraction of sp³-hybridized carbons (Fsp3) is 0.375. The number of hydrogen-bond acceptors (Lipinski definition) is 4. The van der Waals surface area contributed by atoms with E-state index in [0.717, 1.165) is 31.2 Å². The molecule has 3 rings (SSSR count). The summed E-state index contributed by atoms with van der Waals surface area (Å²) in [6, 6.07) is 12.5. The van der Waals surface area contributed by atoms with Crippen LogP contribution in [0, 0.1) is 12.7 Å². The molecule has 0 aromatic heterocycles. The zero-order chi connectivity index (χ0) is 23.8. The van der Waals surface area contributed by atoms with Crippen LogP contribution in [0.1, 0.15) is 31.2 Å². The van der Waals surface area contributed by atoms with E-state index >= 15 is 0 Å². The van der Waals surface area contributed by atoms with Crippen LogP contribution in [0.5, 0.6) is 0 Å². The van der Waals surface area contributed by atoms with Gasteiger partial charge in [-0.3, -0.25) is 18.6 Å².